The van der Waals surface area contributed by atoms with E-state index in [1.54, 1.807) is 18.2 Å². The average Bonchev–Trinajstić information content (AvgIpc) is 2.58. The van der Waals surface area contributed by atoms with Crippen molar-refractivity contribution in [2.45, 2.75) is 6.18 Å². The highest BCUT2D eigenvalue weighted by Gasteiger charge is 2.37. The molecule has 4 aromatic rings. The largest absolute Gasteiger partial charge is 0.497 e. The third-order valence-electron chi connectivity index (χ3n) is 4.02. The van der Waals surface area contributed by atoms with Crippen LogP contribution in [0.25, 0.3) is 32.8 Å². The highest BCUT2D eigenvalue weighted by Crippen LogP contribution is 2.40. The zero-order valence-corrected chi connectivity index (χ0v) is 12.8. The van der Waals surface area contributed by atoms with E-state index in [4.69, 9.17) is 9.15 Å². The second kappa shape index (κ2) is 5.20. The Balaban J connectivity index is 2.34. The third-order valence-corrected chi connectivity index (χ3v) is 4.02. The van der Waals surface area contributed by atoms with Gasteiger partial charge in [0.05, 0.1) is 29.1 Å². The van der Waals surface area contributed by atoms with Crippen molar-refractivity contribution in [2.24, 2.45) is 0 Å². The molecular formula is C18H10F3NO3. The van der Waals surface area contributed by atoms with Crippen LogP contribution in [0.1, 0.15) is 5.56 Å². The van der Waals surface area contributed by atoms with Gasteiger partial charge in [-0.2, -0.15) is 13.2 Å². The first-order valence-electron chi connectivity index (χ1n) is 7.30. The molecule has 0 fully saturated rings. The van der Waals surface area contributed by atoms with Gasteiger partial charge in [-0.1, -0.05) is 12.1 Å². The Hall–Kier alpha value is -3.09. The number of hydrogen-bond donors (Lipinski definition) is 0. The molecule has 0 saturated carbocycles. The molecule has 0 saturated heterocycles. The van der Waals surface area contributed by atoms with E-state index in [0.717, 1.165) is 0 Å². The van der Waals surface area contributed by atoms with Gasteiger partial charge in [-0.25, -0.2) is 9.78 Å². The molecule has 0 atom stereocenters. The van der Waals surface area contributed by atoms with Crippen molar-refractivity contribution in [3.63, 3.8) is 0 Å². The van der Waals surface area contributed by atoms with Crippen LogP contribution in [0.5, 0.6) is 5.75 Å². The highest BCUT2D eigenvalue weighted by molar-refractivity contribution is 6.08. The molecule has 0 spiro atoms. The van der Waals surface area contributed by atoms with E-state index < -0.39 is 22.8 Å². The molecule has 0 N–H and O–H groups in total. The van der Waals surface area contributed by atoms with Gasteiger partial charge in [0.25, 0.3) is 0 Å². The van der Waals surface area contributed by atoms with E-state index in [0.29, 0.717) is 5.39 Å². The fourth-order valence-electron chi connectivity index (χ4n) is 2.96. The molecule has 7 heteroatoms. The van der Waals surface area contributed by atoms with Crippen LogP contribution in [-0.2, 0) is 6.18 Å². The van der Waals surface area contributed by atoms with Gasteiger partial charge in [-0.3, -0.25) is 0 Å². The van der Waals surface area contributed by atoms with Crippen molar-refractivity contribution in [3.05, 3.63) is 58.4 Å². The van der Waals surface area contributed by atoms with Crippen LogP contribution in [0.15, 0.2) is 51.7 Å². The summed E-state index contributed by atoms with van der Waals surface area (Å²) >= 11 is 0. The van der Waals surface area contributed by atoms with Crippen molar-refractivity contribution < 1.29 is 22.3 Å². The fraction of sp³-hybridized carbons (Fsp3) is 0.111. The quantitative estimate of drug-likeness (QED) is 0.289. The molecular weight excluding hydrogens is 335 g/mol. The van der Waals surface area contributed by atoms with Crippen LogP contribution in [-0.4, -0.2) is 12.1 Å². The maximum Gasteiger partial charge on any atom is 0.417 e. The number of nitrogens with zero attached hydrogens (tertiary/aromatic N) is 1. The van der Waals surface area contributed by atoms with Crippen molar-refractivity contribution >= 4 is 32.8 Å². The zero-order chi connectivity index (χ0) is 17.8. The molecule has 0 unspecified atom stereocenters. The molecule has 0 aliphatic heterocycles. The summed E-state index contributed by atoms with van der Waals surface area (Å²) in [4.78, 5) is 16.6. The molecule has 0 bridgehead atoms. The Bertz CT molecular complexity index is 1200. The molecule has 2 heterocycles. The van der Waals surface area contributed by atoms with Gasteiger partial charge >= 0.3 is 11.8 Å². The lowest BCUT2D eigenvalue weighted by Crippen LogP contribution is -2.14. The summed E-state index contributed by atoms with van der Waals surface area (Å²) in [7, 11) is 1.35. The Morgan fingerprint density at radius 1 is 1.08 bits per heavy atom. The number of ether oxygens (including phenoxy) is 1. The predicted molar refractivity (Wildman–Crippen MR) is 86.8 cm³/mol. The first-order chi connectivity index (χ1) is 11.9. The molecule has 0 aliphatic rings. The maximum absolute atomic E-state index is 13.8. The molecule has 0 aliphatic carbocycles. The standard InChI is InChI=1S/C18H10F3NO3/c1-24-9-6-7-12-11(8-9)15(18(19,20)21)14-16(22-12)10-4-2-3-5-13(10)25-17(14)23/h2-8H,1H3. The molecule has 126 valence electrons. The molecule has 4 nitrogen and oxygen atoms in total. The summed E-state index contributed by atoms with van der Waals surface area (Å²) < 4.78 is 51.5. The minimum Gasteiger partial charge on any atom is -0.497 e. The van der Waals surface area contributed by atoms with Gasteiger partial charge in [0, 0.05) is 10.8 Å². The minimum absolute atomic E-state index is 0.0307. The number of halogens is 3. The summed E-state index contributed by atoms with van der Waals surface area (Å²) in [6.45, 7) is 0. The smallest absolute Gasteiger partial charge is 0.417 e. The van der Waals surface area contributed by atoms with Crippen molar-refractivity contribution in [3.8, 4) is 5.75 Å². The second-order valence-corrected chi connectivity index (χ2v) is 5.48. The monoisotopic (exact) mass is 345 g/mol. The van der Waals surface area contributed by atoms with Crippen LogP contribution in [0.3, 0.4) is 0 Å². The highest BCUT2D eigenvalue weighted by atomic mass is 19.4. The van der Waals surface area contributed by atoms with Gasteiger partial charge in [0.2, 0.25) is 0 Å². The number of alkyl halides is 3. The Labute approximate surface area is 138 Å². The van der Waals surface area contributed by atoms with E-state index in [2.05, 4.69) is 4.98 Å². The number of aromatic nitrogens is 1. The molecule has 0 radical (unpaired) electrons. The number of methoxy groups -OCH3 is 1. The van der Waals surface area contributed by atoms with E-state index in [-0.39, 0.29) is 27.8 Å². The number of rotatable bonds is 1. The van der Waals surface area contributed by atoms with Gasteiger partial charge in [0.15, 0.2) is 0 Å². The van der Waals surface area contributed by atoms with Crippen LogP contribution in [0.4, 0.5) is 13.2 Å². The summed E-state index contributed by atoms with van der Waals surface area (Å²) in [6.07, 6.45) is -4.76. The number of para-hydroxylation sites is 1. The fourth-order valence-corrected chi connectivity index (χ4v) is 2.96. The summed E-state index contributed by atoms with van der Waals surface area (Å²) in [5.41, 5.74) is -1.86. The number of benzene rings is 2. The second-order valence-electron chi connectivity index (χ2n) is 5.48. The lowest BCUT2D eigenvalue weighted by atomic mass is 10.0. The molecule has 0 amide bonds. The summed E-state index contributed by atoms with van der Waals surface area (Å²) in [6, 6.07) is 10.6. The minimum atomic E-state index is -4.76. The van der Waals surface area contributed by atoms with Gasteiger partial charge in [-0.15, -0.1) is 0 Å². The van der Waals surface area contributed by atoms with Crippen LogP contribution in [0, 0.1) is 0 Å². The van der Waals surface area contributed by atoms with Gasteiger partial charge in [0.1, 0.15) is 11.3 Å². The normalized spacial score (nSPS) is 12.2. The zero-order valence-electron chi connectivity index (χ0n) is 12.8. The van der Waals surface area contributed by atoms with Crippen LogP contribution >= 0.6 is 0 Å². The van der Waals surface area contributed by atoms with Crippen molar-refractivity contribution in [1.29, 1.82) is 0 Å². The Morgan fingerprint density at radius 2 is 1.84 bits per heavy atom. The Kier molecular flexibility index (Phi) is 3.21. The van der Waals surface area contributed by atoms with Crippen LogP contribution < -0.4 is 10.4 Å². The predicted octanol–water partition coefficient (Wildman–Crippen LogP) is 4.52. The third kappa shape index (κ3) is 2.31. The van der Waals surface area contributed by atoms with Crippen molar-refractivity contribution in [2.75, 3.05) is 7.11 Å². The van der Waals surface area contributed by atoms with E-state index >= 15 is 0 Å². The number of hydrogen-bond acceptors (Lipinski definition) is 4. The van der Waals surface area contributed by atoms with Crippen molar-refractivity contribution in [1.82, 2.24) is 4.98 Å². The molecule has 25 heavy (non-hydrogen) atoms. The number of pyridine rings is 1. The topological polar surface area (TPSA) is 52.3 Å². The lowest BCUT2D eigenvalue weighted by molar-refractivity contribution is -0.135. The van der Waals surface area contributed by atoms with E-state index in [1.165, 1.54) is 31.4 Å². The SMILES string of the molecule is COc1ccc2nc3c(c(C(F)(F)F)c2c1)c(=O)oc1ccccc13. The first-order valence-corrected chi connectivity index (χ1v) is 7.30. The Morgan fingerprint density at radius 3 is 2.56 bits per heavy atom. The van der Waals surface area contributed by atoms with E-state index in [9.17, 15) is 18.0 Å². The molecule has 2 aromatic heterocycles. The van der Waals surface area contributed by atoms with Gasteiger partial charge in [-0.05, 0) is 30.3 Å². The molecule has 2 aromatic carbocycles. The first kappa shape index (κ1) is 15.4. The maximum atomic E-state index is 13.8. The lowest BCUT2D eigenvalue weighted by Gasteiger charge is -2.14. The summed E-state index contributed by atoms with van der Waals surface area (Å²) in [5.74, 6) is 0.240. The summed E-state index contributed by atoms with van der Waals surface area (Å²) in [5, 5.41) is -0.436. The molecule has 4 rings (SSSR count). The average molecular weight is 345 g/mol. The van der Waals surface area contributed by atoms with E-state index in [1.807, 2.05) is 0 Å². The van der Waals surface area contributed by atoms with Crippen LogP contribution in [0.2, 0.25) is 0 Å². The van der Waals surface area contributed by atoms with Gasteiger partial charge < -0.3 is 9.15 Å². The number of fused-ring (bicyclic) bond motifs is 4.